The normalized spacial score (nSPS) is 12.4. The highest BCUT2D eigenvalue weighted by atomic mass is 32.2. The molecule has 0 saturated carbocycles. The molecule has 1 N–H and O–H groups in total. The van der Waals surface area contributed by atoms with Gasteiger partial charge in [0.25, 0.3) is 10.1 Å². The molecule has 0 aliphatic rings. The van der Waals surface area contributed by atoms with Crippen molar-refractivity contribution in [3.05, 3.63) is 102 Å². The molecule has 0 saturated heterocycles. The van der Waals surface area contributed by atoms with Crippen molar-refractivity contribution in [3.63, 3.8) is 0 Å². The molecular formula is C27H28N2O5S. The van der Waals surface area contributed by atoms with E-state index in [2.05, 4.69) is 5.32 Å². The third-order valence-corrected chi connectivity index (χ3v) is 7.01. The molecule has 0 radical (unpaired) electrons. The van der Waals surface area contributed by atoms with Crippen LogP contribution in [0.3, 0.4) is 0 Å². The Hall–Kier alpha value is -3.62. The number of nitrogens with zero attached hydrogens (tertiary/aromatic N) is 1. The van der Waals surface area contributed by atoms with Crippen LogP contribution in [0.15, 0.2) is 90.0 Å². The molecule has 0 bridgehead atoms. The summed E-state index contributed by atoms with van der Waals surface area (Å²) >= 11 is 0. The van der Waals surface area contributed by atoms with Gasteiger partial charge in [0.15, 0.2) is 0 Å². The molecular weight excluding hydrogens is 464 g/mol. The number of amides is 1. The van der Waals surface area contributed by atoms with E-state index in [1.54, 1.807) is 12.1 Å². The second kappa shape index (κ2) is 10.8. The average molecular weight is 493 g/mol. The maximum absolute atomic E-state index is 12.7. The van der Waals surface area contributed by atoms with Gasteiger partial charge >= 0.3 is 6.09 Å². The number of nitrogens with one attached hydrogen (secondary N) is 1. The fourth-order valence-corrected chi connectivity index (χ4v) is 4.83. The lowest BCUT2D eigenvalue weighted by Crippen LogP contribution is -2.40. The van der Waals surface area contributed by atoms with E-state index >= 15 is 0 Å². The summed E-state index contributed by atoms with van der Waals surface area (Å²) in [5.41, 5.74) is 3.81. The smallest absolute Gasteiger partial charge is 0.407 e. The fourth-order valence-electron chi connectivity index (χ4n) is 3.88. The van der Waals surface area contributed by atoms with Gasteiger partial charge in [-0.1, -0.05) is 66.2 Å². The molecule has 3 aromatic carbocycles. The lowest BCUT2D eigenvalue weighted by atomic mass is 10.1. The van der Waals surface area contributed by atoms with E-state index in [0.29, 0.717) is 6.42 Å². The van der Waals surface area contributed by atoms with E-state index in [1.165, 1.54) is 12.1 Å². The monoisotopic (exact) mass is 492 g/mol. The van der Waals surface area contributed by atoms with Crippen LogP contribution in [-0.2, 0) is 39.1 Å². The molecule has 0 unspecified atom stereocenters. The molecule has 1 amide bonds. The average Bonchev–Trinajstić information content (AvgIpc) is 3.17. The molecule has 1 aromatic heterocycles. The van der Waals surface area contributed by atoms with Gasteiger partial charge in [0.05, 0.1) is 17.5 Å². The van der Waals surface area contributed by atoms with Crippen molar-refractivity contribution in [2.45, 2.75) is 30.9 Å². The lowest BCUT2D eigenvalue weighted by Gasteiger charge is -2.19. The molecule has 1 atom stereocenters. The van der Waals surface area contributed by atoms with Gasteiger partial charge in [0, 0.05) is 24.1 Å². The van der Waals surface area contributed by atoms with Crippen LogP contribution in [0.25, 0.3) is 10.9 Å². The summed E-state index contributed by atoms with van der Waals surface area (Å²) in [6, 6.07) is 23.0. The predicted molar refractivity (Wildman–Crippen MR) is 134 cm³/mol. The molecule has 0 fully saturated rings. The van der Waals surface area contributed by atoms with Gasteiger partial charge in [-0.05, 0) is 42.7 Å². The van der Waals surface area contributed by atoms with Gasteiger partial charge in [-0.3, -0.25) is 4.18 Å². The number of hydrogen-bond acceptors (Lipinski definition) is 5. The lowest BCUT2D eigenvalue weighted by molar-refractivity contribution is 0.131. The number of carbonyl (C=O) groups excluding carboxylic acids is 1. The number of fused-ring (bicyclic) bond motifs is 1. The standard InChI is InChI=1S/C27H28N2O5S/c1-20-12-14-24(15-13-20)35(31,32)34-19-23(28-27(30)33-18-21-8-4-3-5-9-21)16-22-17-29(2)26-11-7-6-10-25(22)26/h3-15,17,23H,16,18-19H2,1-2H3,(H,28,30)/t23-/m1/s1. The molecule has 0 spiro atoms. The Kier molecular flexibility index (Phi) is 7.53. The van der Waals surface area contributed by atoms with E-state index in [1.807, 2.05) is 79.3 Å². The van der Waals surface area contributed by atoms with Crippen LogP contribution in [0.4, 0.5) is 4.79 Å². The number of hydrogen-bond donors (Lipinski definition) is 1. The van der Waals surface area contributed by atoms with Gasteiger partial charge in [-0.2, -0.15) is 8.42 Å². The first-order valence-electron chi connectivity index (χ1n) is 11.3. The molecule has 0 aliphatic heterocycles. The molecule has 7 nitrogen and oxygen atoms in total. The van der Waals surface area contributed by atoms with Gasteiger partial charge in [0.1, 0.15) is 6.61 Å². The highest BCUT2D eigenvalue weighted by molar-refractivity contribution is 7.86. The van der Waals surface area contributed by atoms with Crippen molar-refractivity contribution in [3.8, 4) is 0 Å². The number of aryl methyl sites for hydroxylation is 2. The Morgan fingerprint density at radius 3 is 2.40 bits per heavy atom. The summed E-state index contributed by atoms with van der Waals surface area (Å²) in [4.78, 5) is 12.6. The Bertz CT molecular complexity index is 1400. The van der Waals surface area contributed by atoms with Crippen LogP contribution < -0.4 is 5.32 Å². The number of para-hydroxylation sites is 1. The van der Waals surface area contributed by atoms with Crippen molar-refractivity contribution in [1.82, 2.24) is 9.88 Å². The molecule has 4 rings (SSSR count). The fraction of sp³-hybridized carbons (Fsp3) is 0.222. The summed E-state index contributed by atoms with van der Waals surface area (Å²) in [7, 11) is -2.04. The minimum atomic E-state index is -3.99. The zero-order valence-corrected chi connectivity index (χ0v) is 20.5. The second-order valence-electron chi connectivity index (χ2n) is 8.44. The van der Waals surface area contributed by atoms with Crippen LogP contribution in [-0.4, -0.2) is 31.7 Å². The number of alkyl carbamates (subject to hydrolysis) is 1. The summed E-state index contributed by atoms with van der Waals surface area (Å²) in [5, 5.41) is 3.81. The largest absolute Gasteiger partial charge is 0.445 e. The first kappa shape index (κ1) is 24.5. The molecule has 4 aromatic rings. The highest BCUT2D eigenvalue weighted by Crippen LogP contribution is 2.22. The van der Waals surface area contributed by atoms with Crippen molar-refractivity contribution >= 4 is 27.1 Å². The van der Waals surface area contributed by atoms with Crippen LogP contribution in [0.5, 0.6) is 0 Å². The van der Waals surface area contributed by atoms with E-state index in [4.69, 9.17) is 8.92 Å². The van der Waals surface area contributed by atoms with Gasteiger partial charge in [0.2, 0.25) is 0 Å². The highest BCUT2D eigenvalue weighted by Gasteiger charge is 2.22. The van der Waals surface area contributed by atoms with Crippen molar-refractivity contribution < 1.29 is 22.1 Å². The number of rotatable bonds is 9. The SMILES string of the molecule is Cc1ccc(S(=O)(=O)OC[C@@H](Cc2cn(C)c3ccccc23)NC(=O)OCc2ccccc2)cc1. The quantitative estimate of drug-likeness (QED) is 0.342. The van der Waals surface area contributed by atoms with Crippen molar-refractivity contribution in [2.24, 2.45) is 7.05 Å². The second-order valence-corrected chi connectivity index (χ2v) is 10.1. The van der Waals surface area contributed by atoms with E-state index in [-0.39, 0.29) is 18.1 Å². The summed E-state index contributed by atoms with van der Waals surface area (Å²) < 4.78 is 38.2. The third-order valence-electron chi connectivity index (χ3n) is 5.71. The number of aromatic nitrogens is 1. The Balaban J connectivity index is 1.50. The first-order valence-corrected chi connectivity index (χ1v) is 12.7. The van der Waals surface area contributed by atoms with Gasteiger partial charge in [-0.25, -0.2) is 4.79 Å². The number of carbonyl (C=O) groups is 1. The van der Waals surface area contributed by atoms with E-state index < -0.39 is 22.3 Å². The molecule has 182 valence electrons. The number of ether oxygens (including phenoxy) is 1. The molecule has 8 heteroatoms. The van der Waals surface area contributed by atoms with E-state index in [0.717, 1.165) is 27.6 Å². The maximum atomic E-state index is 12.7. The first-order chi connectivity index (χ1) is 16.8. The Morgan fingerprint density at radius 2 is 1.66 bits per heavy atom. The predicted octanol–water partition coefficient (Wildman–Crippen LogP) is 4.73. The minimum Gasteiger partial charge on any atom is -0.445 e. The van der Waals surface area contributed by atoms with Crippen LogP contribution in [0.1, 0.15) is 16.7 Å². The van der Waals surface area contributed by atoms with E-state index in [9.17, 15) is 13.2 Å². The zero-order valence-electron chi connectivity index (χ0n) is 19.7. The number of benzene rings is 3. The van der Waals surface area contributed by atoms with Gasteiger partial charge < -0.3 is 14.6 Å². The summed E-state index contributed by atoms with van der Waals surface area (Å²) in [6.07, 6.45) is 1.70. The van der Waals surface area contributed by atoms with Crippen LogP contribution in [0.2, 0.25) is 0 Å². The summed E-state index contributed by atoms with van der Waals surface area (Å²) in [5.74, 6) is 0. The van der Waals surface area contributed by atoms with Crippen LogP contribution in [0, 0.1) is 6.92 Å². The Labute approximate surface area is 205 Å². The Morgan fingerprint density at radius 1 is 0.971 bits per heavy atom. The van der Waals surface area contributed by atoms with Crippen molar-refractivity contribution in [2.75, 3.05) is 6.61 Å². The molecule has 35 heavy (non-hydrogen) atoms. The van der Waals surface area contributed by atoms with Crippen LogP contribution >= 0.6 is 0 Å². The zero-order chi connectivity index (χ0) is 24.8. The maximum Gasteiger partial charge on any atom is 0.407 e. The van der Waals surface area contributed by atoms with Gasteiger partial charge in [-0.15, -0.1) is 0 Å². The van der Waals surface area contributed by atoms with Crippen molar-refractivity contribution in [1.29, 1.82) is 0 Å². The topological polar surface area (TPSA) is 86.6 Å². The molecule has 0 aliphatic carbocycles. The minimum absolute atomic E-state index is 0.0682. The third kappa shape index (κ3) is 6.29. The summed E-state index contributed by atoms with van der Waals surface area (Å²) in [6.45, 7) is 1.75. The molecule has 1 heterocycles.